The zero-order valence-electron chi connectivity index (χ0n) is 12.2. The SMILES string of the molecule is CCCC1CN(C(=O)OC(C)(C)C)CC1CCN. The highest BCUT2D eigenvalue weighted by molar-refractivity contribution is 5.68. The van der Waals surface area contributed by atoms with Gasteiger partial charge in [0.1, 0.15) is 5.60 Å². The third-order valence-electron chi connectivity index (χ3n) is 3.43. The molecule has 1 heterocycles. The molecule has 0 radical (unpaired) electrons. The number of hydrogen-bond donors (Lipinski definition) is 1. The summed E-state index contributed by atoms with van der Waals surface area (Å²) in [6, 6.07) is 0. The van der Waals surface area contributed by atoms with Gasteiger partial charge in [-0.25, -0.2) is 4.79 Å². The van der Waals surface area contributed by atoms with E-state index in [-0.39, 0.29) is 6.09 Å². The van der Waals surface area contributed by atoms with Gasteiger partial charge in [-0.1, -0.05) is 13.3 Å². The van der Waals surface area contributed by atoms with E-state index in [1.165, 1.54) is 6.42 Å². The van der Waals surface area contributed by atoms with E-state index in [1.54, 1.807) is 0 Å². The molecule has 106 valence electrons. The first-order valence-electron chi connectivity index (χ1n) is 7.05. The van der Waals surface area contributed by atoms with Crippen LogP contribution in [0.15, 0.2) is 0 Å². The molecule has 4 nitrogen and oxygen atoms in total. The Kier molecular flexibility index (Phi) is 5.45. The van der Waals surface area contributed by atoms with Gasteiger partial charge in [-0.05, 0) is 52.0 Å². The van der Waals surface area contributed by atoms with E-state index >= 15 is 0 Å². The van der Waals surface area contributed by atoms with Crippen LogP contribution in [-0.4, -0.2) is 36.2 Å². The van der Waals surface area contributed by atoms with Crippen molar-refractivity contribution in [3.05, 3.63) is 0 Å². The van der Waals surface area contributed by atoms with Crippen molar-refractivity contribution in [3.8, 4) is 0 Å². The third-order valence-corrected chi connectivity index (χ3v) is 3.43. The minimum absolute atomic E-state index is 0.178. The maximum Gasteiger partial charge on any atom is 0.410 e. The Morgan fingerprint density at radius 2 is 1.83 bits per heavy atom. The molecule has 0 spiro atoms. The number of amides is 1. The number of nitrogens with zero attached hydrogens (tertiary/aromatic N) is 1. The first kappa shape index (κ1) is 15.3. The first-order valence-corrected chi connectivity index (χ1v) is 7.05. The molecule has 0 bridgehead atoms. The molecule has 1 amide bonds. The van der Waals surface area contributed by atoms with Crippen LogP contribution in [0.3, 0.4) is 0 Å². The minimum Gasteiger partial charge on any atom is -0.444 e. The molecule has 1 fully saturated rings. The second-order valence-electron chi connectivity index (χ2n) is 6.27. The van der Waals surface area contributed by atoms with Crippen LogP contribution in [0.25, 0.3) is 0 Å². The molecule has 4 heteroatoms. The second kappa shape index (κ2) is 6.41. The number of rotatable bonds is 4. The molecular formula is C14H28N2O2. The fourth-order valence-corrected chi connectivity index (χ4v) is 2.65. The molecule has 0 aromatic heterocycles. The van der Waals surface area contributed by atoms with Crippen LogP contribution in [0.1, 0.15) is 47.0 Å². The summed E-state index contributed by atoms with van der Waals surface area (Å²) in [5.41, 5.74) is 5.24. The fourth-order valence-electron chi connectivity index (χ4n) is 2.65. The Morgan fingerprint density at radius 3 is 2.28 bits per heavy atom. The average Bonchev–Trinajstić information content (AvgIpc) is 2.61. The van der Waals surface area contributed by atoms with E-state index in [0.29, 0.717) is 18.4 Å². The third kappa shape index (κ3) is 4.48. The average molecular weight is 256 g/mol. The van der Waals surface area contributed by atoms with Gasteiger partial charge < -0.3 is 15.4 Å². The van der Waals surface area contributed by atoms with Gasteiger partial charge in [-0.3, -0.25) is 0 Å². The summed E-state index contributed by atoms with van der Waals surface area (Å²) in [5, 5.41) is 0. The first-order chi connectivity index (χ1) is 8.37. The number of carbonyl (C=O) groups excluding carboxylic acids is 1. The molecule has 1 aliphatic heterocycles. The van der Waals surface area contributed by atoms with E-state index < -0.39 is 5.60 Å². The molecule has 2 unspecified atom stereocenters. The monoisotopic (exact) mass is 256 g/mol. The van der Waals surface area contributed by atoms with Gasteiger partial charge in [0.15, 0.2) is 0 Å². The predicted molar refractivity (Wildman–Crippen MR) is 73.4 cm³/mol. The lowest BCUT2D eigenvalue weighted by molar-refractivity contribution is 0.0283. The Labute approximate surface area is 111 Å². The Balaban J connectivity index is 2.56. The molecule has 1 aliphatic rings. The van der Waals surface area contributed by atoms with Crippen LogP contribution in [0.4, 0.5) is 4.79 Å². The summed E-state index contributed by atoms with van der Waals surface area (Å²) in [4.78, 5) is 13.9. The van der Waals surface area contributed by atoms with Gasteiger partial charge in [0.2, 0.25) is 0 Å². The van der Waals surface area contributed by atoms with Crippen molar-refractivity contribution in [2.75, 3.05) is 19.6 Å². The van der Waals surface area contributed by atoms with Gasteiger partial charge in [-0.2, -0.15) is 0 Å². The zero-order valence-corrected chi connectivity index (χ0v) is 12.2. The summed E-state index contributed by atoms with van der Waals surface area (Å²) < 4.78 is 5.43. The van der Waals surface area contributed by atoms with Crippen molar-refractivity contribution < 1.29 is 9.53 Å². The van der Waals surface area contributed by atoms with Crippen molar-refractivity contribution in [2.24, 2.45) is 17.6 Å². The van der Waals surface area contributed by atoms with Crippen LogP contribution in [0.5, 0.6) is 0 Å². The topological polar surface area (TPSA) is 55.6 Å². The van der Waals surface area contributed by atoms with Crippen LogP contribution < -0.4 is 5.73 Å². The van der Waals surface area contributed by atoms with E-state index in [1.807, 2.05) is 25.7 Å². The summed E-state index contributed by atoms with van der Waals surface area (Å²) in [7, 11) is 0. The number of nitrogens with two attached hydrogens (primary N) is 1. The Hall–Kier alpha value is -0.770. The summed E-state index contributed by atoms with van der Waals surface area (Å²) >= 11 is 0. The van der Waals surface area contributed by atoms with E-state index in [2.05, 4.69) is 6.92 Å². The maximum atomic E-state index is 12.0. The van der Waals surface area contributed by atoms with Gasteiger partial charge in [0.25, 0.3) is 0 Å². The molecular weight excluding hydrogens is 228 g/mol. The van der Waals surface area contributed by atoms with Crippen molar-refractivity contribution in [1.29, 1.82) is 0 Å². The van der Waals surface area contributed by atoms with Crippen LogP contribution in [0.2, 0.25) is 0 Å². The summed E-state index contributed by atoms with van der Waals surface area (Å²) in [6.07, 6.45) is 3.16. The van der Waals surface area contributed by atoms with Crippen molar-refractivity contribution in [3.63, 3.8) is 0 Å². The van der Waals surface area contributed by atoms with E-state index in [0.717, 1.165) is 25.9 Å². The maximum absolute atomic E-state index is 12.0. The molecule has 1 rings (SSSR count). The Morgan fingerprint density at radius 1 is 1.28 bits per heavy atom. The summed E-state index contributed by atoms with van der Waals surface area (Å²) in [5.74, 6) is 1.13. The van der Waals surface area contributed by atoms with Gasteiger partial charge in [0, 0.05) is 13.1 Å². The smallest absolute Gasteiger partial charge is 0.410 e. The molecule has 1 saturated heterocycles. The molecule has 2 atom stereocenters. The Bertz CT molecular complexity index is 259. The fraction of sp³-hybridized carbons (Fsp3) is 0.929. The van der Waals surface area contributed by atoms with Gasteiger partial charge in [-0.15, -0.1) is 0 Å². The minimum atomic E-state index is -0.413. The highest BCUT2D eigenvalue weighted by atomic mass is 16.6. The van der Waals surface area contributed by atoms with Gasteiger partial charge in [0.05, 0.1) is 0 Å². The molecule has 0 aromatic carbocycles. The molecule has 0 saturated carbocycles. The normalized spacial score (nSPS) is 24.4. The predicted octanol–water partition coefficient (Wildman–Crippen LogP) is 2.62. The van der Waals surface area contributed by atoms with Gasteiger partial charge >= 0.3 is 6.09 Å². The molecule has 2 N–H and O–H groups in total. The van der Waals surface area contributed by atoms with Crippen molar-refractivity contribution in [1.82, 2.24) is 4.90 Å². The molecule has 18 heavy (non-hydrogen) atoms. The lowest BCUT2D eigenvalue weighted by Crippen LogP contribution is -2.35. The number of carbonyl (C=O) groups is 1. The molecule has 0 aliphatic carbocycles. The van der Waals surface area contributed by atoms with Crippen molar-refractivity contribution in [2.45, 2.75) is 52.6 Å². The number of likely N-dealkylation sites (tertiary alicyclic amines) is 1. The summed E-state index contributed by atoms with van der Waals surface area (Å²) in [6.45, 7) is 10.2. The zero-order chi connectivity index (χ0) is 13.8. The van der Waals surface area contributed by atoms with E-state index in [4.69, 9.17) is 10.5 Å². The lowest BCUT2D eigenvalue weighted by Gasteiger charge is -2.24. The largest absolute Gasteiger partial charge is 0.444 e. The lowest BCUT2D eigenvalue weighted by atomic mass is 9.89. The standard InChI is InChI=1S/C14H28N2O2/c1-5-6-11-9-16(10-12(11)7-8-15)13(17)18-14(2,3)4/h11-12H,5-10,15H2,1-4H3. The molecule has 0 aromatic rings. The highest BCUT2D eigenvalue weighted by Gasteiger charge is 2.35. The van der Waals surface area contributed by atoms with Crippen LogP contribution in [0, 0.1) is 11.8 Å². The number of ether oxygens (including phenoxy) is 1. The second-order valence-corrected chi connectivity index (χ2v) is 6.27. The highest BCUT2D eigenvalue weighted by Crippen LogP contribution is 2.30. The van der Waals surface area contributed by atoms with Crippen LogP contribution in [-0.2, 0) is 4.74 Å². The van der Waals surface area contributed by atoms with Crippen LogP contribution >= 0.6 is 0 Å². The number of hydrogen-bond acceptors (Lipinski definition) is 3. The van der Waals surface area contributed by atoms with E-state index in [9.17, 15) is 4.79 Å². The quantitative estimate of drug-likeness (QED) is 0.841. The van der Waals surface area contributed by atoms with Crippen molar-refractivity contribution >= 4 is 6.09 Å².